The quantitative estimate of drug-likeness (QED) is 0.0305. The predicted octanol–water partition coefficient (Wildman–Crippen LogP) is 35.8. The van der Waals surface area contributed by atoms with Gasteiger partial charge in [-0.15, -0.1) is 0 Å². The van der Waals surface area contributed by atoms with Crippen LogP contribution in [0.3, 0.4) is 0 Å². The number of amides is 6. The van der Waals surface area contributed by atoms with Gasteiger partial charge in [0, 0.05) is 65.5 Å². The second-order valence-corrected chi connectivity index (χ2v) is 47.9. The molecule has 4 aliphatic rings. The largest absolute Gasteiger partial charge is 0.457 e. The smallest absolute Gasteiger partial charge is 0.266 e. The van der Waals surface area contributed by atoms with E-state index in [1.165, 1.54) is 15.4 Å². The molecular formula is C134H126N4O10. The van der Waals surface area contributed by atoms with Crippen LogP contribution in [0.1, 0.15) is 298 Å². The fourth-order valence-electron chi connectivity index (χ4n) is 23.2. The van der Waals surface area contributed by atoms with E-state index in [0.29, 0.717) is 142 Å². The van der Waals surface area contributed by atoms with Gasteiger partial charge in [0.1, 0.15) is 46.0 Å². The van der Waals surface area contributed by atoms with Crippen LogP contribution >= 0.6 is 0 Å². The first-order chi connectivity index (χ1) is 70.0. The van der Waals surface area contributed by atoms with Crippen LogP contribution in [0.5, 0.6) is 46.0 Å². The van der Waals surface area contributed by atoms with Crippen molar-refractivity contribution in [3.63, 3.8) is 0 Å². The SMILES string of the molecule is C=Cc1cc2c(cc1CCc1cc3c(cc1C)-c1ccc4c5c(Oc6ccc(C(C)(C)C)cc6)cc6c7c(cc(Oc8ccc(C(C)(C)C)cc8)c(c8ccc-3c1c48)c75)C(=O)N(c1c(C(C)C)cc(NC(=O)C(=C)C)cc1C(C)C)C6=O)-c1ccc3c4c(Oc5ccc(C(C)(C)C)cc5)cc5c6c(cc(Oc7ccc(C(C)(C)C)cc7)c(c7ccc-2c1c73)c64)C(=O)N(c1c(C(C)C)cc(NC(=O)C(C)(C)C)cc1C(C)C)C5=O. The summed E-state index contributed by atoms with van der Waals surface area (Å²) in [6, 6.07) is 75.1. The van der Waals surface area contributed by atoms with Crippen LogP contribution in [0.15, 0.2) is 237 Å². The second-order valence-electron chi connectivity index (χ2n) is 47.9. The van der Waals surface area contributed by atoms with Gasteiger partial charge in [-0.1, -0.05) is 288 Å². The number of hydrogen-bond donors (Lipinski definition) is 2. The molecule has 0 fully saturated rings. The summed E-state index contributed by atoms with van der Waals surface area (Å²) in [5.41, 5.74) is 22.9. The maximum atomic E-state index is 16.6. The van der Waals surface area contributed by atoms with Crippen molar-refractivity contribution in [3.05, 3.63) is 326 Å². The molecule has 0 saturated carbocycles. The summed E-state index contributed by atoms with van der Waals surface area (Å²) < 4.78 is 29.7. The molecule has 2 N–H and O–H groups in total. The number of hydrogen-bond acceptors (Lipinski definition) is 10. The predicted molar refractivity (Wildman–Crippen MR) is 610 cm³/mol. The third-order valence-electron chi connectivity index (χ3n) is 31.2. The molecule has 22 rings (SSSR count). The molecule has 14 nitrogen and oxygen atoms in total. The van der Waals surface area contributed by atoms with Gasteiger partial charge in [-0.05, 0) is 336 Å². The van der Waals surface area contributed by atoms with E-state index in [0.717, 1.165) is 159 Å². The van der Waals surface area contributed by atoms with E-state index in [2.05, 4.69) is 263 Å². The van der Waals surface area contributed by atoms with Crippen LogP contribution in [0.25, 0.3) is 137 Å². The number of benzene rings is 18. The Kier molecular flexibility index (Phi) is 22.7. The molecule has 18 aromatic rings. The van der Waals surface area contributed by atoms with E-state index in [4.69, 9.17) is 18.9 Å². The molecule has 2 aliphatic carbocycles. The Labute approximate surface area is 866 Å². The van der Waals surface area contributed by atoms with Crippen molar-refractivity contribution in [2.75, 3.05) is 20.4 Å². The number of rotatable bonds is 21. The number of carbonyl (C=O) groups excluding carboxylic acids is 6. The molecule has 148 heavy (non-hydrogen) atoms. The summed E-state index contributed by atoms with van der Waals surface area (Å²) in [7, 11) is 0. The first-order valence-electron chi connectivity index (χ1n) is 52.1. The van der Waals surface area contributed by atoms with Crippen LogP contribution in [0, 0.1) is 12.3 Å². The van der Waals surface area contributed by atoms with E-state index >= 15 is 19.2 Å². The number of carbonyl (C=O) groups is 6. The summed E-state index contributed by atoms with van der Waals surface area (Å²) in [6.45, 7) is 60.6. The average Bonchev–Trinajstić information content (AvgIpc) is 1.34. The Bertz CT molecular complexity index is 8550. The lowest BCUT2D eigenvalue weighted by Crippen LogP contribution is -2.42. The molecule has 18 aromatic carbocycles. The fourth-order valence-corrected chi connectivity index (χ4v) is 23.2. The minimum atomic E-state index is -0.700. The van der Waals surface area contributed by atoms with Crippen LogP contribution in [0.4, 0.5) is 22.7 Å². The van der Waals surface area contributed by atoms with Crippen LogP contribution in [0.2, 0.25) is 0 Å². The van der Waals surface area contributed by atoms with E-state index in [9.17, 15) is 9.59 Å². The van der Waals surface area contributed by atoms with E-state index in [1.807, 2.05) is 152 Å². The van der Waals surface area contributed by atoms with Gasteiger partial charge in [0.2, 0.25) is 5.91 Å². The van der Waals surface area contributed by atoms with Crippen molar-refractivity contribution in [1.29, 1.82) is 0 Å². The third kappa shape index (κ3) is 15.7. The number of nitrogens with zero attached hydrogens (tertiary/aromatic N) is 2. The summed E-state index contributed by atoms with van der Waals surface area (Å²) in [5, 5.41) is 19.2. The minimum absolute atomic E-state index is 0.157. The molecule has 0 saturated heterocycles. The Morgan fingerprint density at radius 3 is 0.865 bits per heavy atom. The Balaban J connectivity index is 0.692. The lowest BCUT2D eigenvalue weighted by molar-refractivity contribution is -0.123. The molecule has 0 atom stereocenters. The minimum Gasteiger partial charge on any atom is -0.457 e. The number of ether oxygens (including phenoxy) is 4. The number of nitrogens with one attached hydrogen (secondary N) is 2. The van der Waals surface area contributed by atoms with Crippen LogP contribution in [-0.2, 0) is 44.1 Å². The molecule has 0 bridgehead atoms. The standard InChI is InChI=1S/C134H126N4O10/c1-28-73-56-99-87-48-52-92-113-93(119-109(148-85-45-37-79(38-46-85)133(22,23)24)66-105-115-104(65-108(118(92)121(115)119)147-84-43-35-78(36-44-84)132(19,20)21)127(142)138(128(105)143)123-96(69(6)7)61-81(62-97(123)70(8)9)136-129(144)134(25,26)27)54-50-89(111(87)113)101(99)58-75(73)30-29-74-57-100-88-49-53-91-112-90(51-47-86(110(88)112)98(100)55-72(74)12)116-106(145-82-39-31-76(32-40-82)130(13,14)15)63-102-114-103(64-107(117(91)120(114)116)146-83-41-33-77(34-42-83)131(16,17)18)126(141)137(125(102)140)122-94(67(2)3)59-80(60-95(122)68(4)5)135-124(139)71(10)11/h28,31-70H,1,10,29-30H2,2-9,11-27H3,(H,135,139)(H,136,144). The van der Waals surface area contributed by atoms with Crippen molar-refractivity contribution in [2.24, 2.45) is 5.41 Å². The maximum Gasteiger partial charge on any atom is 0.266 e. The van der Waals surface area contributed by atoms with Crippen molar-refractivity contribution < 1.29 is 47.7 Å². The van der Waals surface area contributed by atoms with Crippen molar-refractivity contribution in [3.8, 4) is 90.5 Å². The van der Waals surface area contributed by atoms with Crippen LogP contribution in [-0.4, -0.2) is 35.4 Å². The van der Waals surface area contributed by atoms with E-state index < -0.39 is 29.0 Å². The zero-order chi connectivity index (χ0) is 105. The third-order valence-corrected chi connectivity index (χ3v) is 31.2. The van der Waals surface area contributed by atoms with Crippen molar-refractivity contribution in [2.45, 2.75) is 231 Å². The highest BCUT2D eigenvalue weighted by Gasteiger charge is 2.45. The van der Waals surface area contributed by atoms with E-state index in [1.54, 1.807) is 6.92 Å². The van der Waals surface area contributed by atoms with Gasteiger partial charge in [0.05, 0.1) is 33.6 Å². The van der Waals surface area contributed by atoms with Crippen molar-refractivity contribution in [1.82, 2.24) is 0 Å². The first kappa shape index (κ1) is 97.2. The van der Waals surface area contributed by atoms with Gasteiger partial charge >= 0.3 is 0 Å². The molecule has 6 amide bonds. The summed E-state index contributed by atoms with van der Waals surface area (Å²) in [6.07, 6.45) is 3.37. The highest BCUT2D eigenvalue weighted by molar-refractivity contribution is 6.48. The van der Waals surface area contributed by atoms with Gasteiger partial charge in [-0.25, -0.2) is 9.80 Å². The lowest BCUT2D eigenvalue weighted by Gasteiger charge is -2.34. The first-order valence-corrected chi connectivity index (χ1v) is 52.1. The normalized spacial score (nSPS) is 13.6. The molecule has 2 heterocycles. The molecule has 2 aliphatic heterocycles. The number of imide groups is 2. The fraction of sp³-hybridized carbons (Fsp3) is 0.269. The van der Waals surface area contributed by atoms with Gasteiger partial charge < -0.3 is 29.6 Å². The van der Waals surface area contributed by atoms with E-state index in [-0.39, 0.29) is 57.1 Å². The van der Waals surface area contributed by atoms with Gasteiger partial charge in [-0.2, -0.15) is 0 Å². The summed E-state index contributed by atoms with van der Waals surface area (Å²) >= 11 is 0. The molecule has 0 spiro atoms. The highest BCUT2D eigenvalue weighted by atomic mass is 16.5. The second kappa shape index (κ2) is 34.6. The maximum absolute atomic E-state index is 16.6. The molecular weight excluding hydrogens is 1830 g/mol. The van der Waals surface area contributed by atoms with Gasteiger partial charge in [0.15, 0.2) is 0 Å². The molecule has 0 aromatic heterocycles. The average molecular weight is 1950 g/mol. The van der Waals surface area contributed by atoms with Gasteiger partial charge in [0.25, 0.3) is 29.5 Å². The topological polar surface area (TPSA) is 170 Å². The zero-order valence-corrected chi connectivity index (χ0v) is 89.5. The summed E-state index contributed by atoms with van der Waals surface area (Å²) in [5.74, 6) is 0.737. The van der Waals surface area contributed by atoms with Crippen LogP contribution < -0.4 is 39.4 Å². The zero-order valence-electron chi connectivity index (χ0n) is 89.5. The highest BCUT2D eigenvalue weighted by Crippen LogP contribution is 2.62. The molecule has 0 radical (unpaired) electrons. The molecule has 0 unspecified atom stereocenters. The molecule has 14 heteroatoms. The Morgan fingerprint density at radius 2 is 0.588 bits per heavy atom. The molecule has 742 valence electrons. The van der Waals surface area contributed by atoms with Gasteiger partial charge in [-0.3, -0.25) is 28.8 Å². The number of aryl methyl sites for hydroxylation is 3. The number of anilines is 4. The summed E-state index contributed by atoms with van der Waals surface area (Å²) in [4.78, 5) is 96.3. The number of fused-ring (bicyclic) bond motifs is 10. The Morgan fingerprint density at radius 1 is 0.318 bits per heavy atom. The van der Waals surface area contributed by atoms with Crippen molar-refractivity contribution >= 4 is 150 Å². The Hall–Kier alpha value is -15.5. The lowest BCUT2D eigenvalue weighted by atomic mass is 9.82. The monoisotopic (exact) mass is 1950 g/mol.